The van der Waals surface area contributed by atoms with Crippen molar-refractivity contribution in [1.82, 2.24) is 10.2 Å². The van der Waals surface area contributed by atoms with Crippen molar-refractivity contribution in [1.29, 1.82) is 0 Å². The predicted molar refractivity (Wildman–Crippen MR) is 142 cm³/mol. The van der Waals surface area contributed by atoms with Crippen LogP contribution < -0.4 is 9.62 Å². The second-order valence-corrected chi connectivity index (χ2v) is 11.5. The predicted octanol–water partition coefficient (Wildman–Crippen LogP) is 4.38. The third kappa shape index (κ3) is 8.54. The standard InChI is InChI=1S/C26H36ClN3O4S/c1-19(2)17-28-26(32)21(4)29(18-22-12-7-8-13-23(22)27)25(31)15-10-16-30(35(5,33)34)24-14-9-6-11-20(24)3/h6-9,11-14,19,21H,10,15-18H2,1-5H3,(H,28,32)/t21-/m1/s1. The molecule has 0 bridgehead atoms. The van der Waals surface area contributed by atoms with Gasteiger partial charge in [-0.2, -0.15) is 0 Å². The summed E-state index contributed by atoms with van der Waals surface area (Å²) in [6, 6.07) is 13.7. The van der Waals surface area contributed by atoms with E-state index in [1.54, 1.807) is 25.1 Å². The number of sulfonamides is 1. The van der Waals surface area contributed by atoms with Crippen LogP contribution in [-0.2, 0) is 26.2 Å². The van der Waals surface area contributed by atoms with Crippen LogP contribution in [0.4, 0.5) is 5.69 Å². The lowest BCUT2D eigenvalue weighted by Gasteiger charge is -2.30. The Morgan fingerprint density at radius 2 is 1.66 bits per heavy atom. The summed E-state index contributed by atoms with van der Waals surface area (Å²) in [5.74, 6) is -0.200. The average molecular weight is 522 g/mol. The van der Waals surface area contributed by atoms with Gasteiger partial charge in [-0.05, 0) is 49.4 Å². The van der Waals surface area contributed by atoms with Gasteiger partial charge in [0.15, 0.2) is 0 Å². The third-order valence-electron chi connectivity index (χ3n) is 5.69. The van der Waals surface area contributed by atoms with E-state index in [4.69, 9.17) is 11.6 Å². The summed E-state index contributed by atoms with van der Waals surface area (Å²) in [4.78, 5) is 27.6. The fraction of sp³-hybridized carbons (Fsp3) is 0.462. The molecule has 0 aromatic heterocycles. The van der Waals surface area contributed by atoms with E-state index in [2.05, 4.69) is 5.32 Å². The summed E-state index contributed by atoms with van der Waals surface area (Å²) in [6.45, 7) is 8.39. The minimum atomic E-state index is -3.53. The molecule has 0 heterocycles. The first kappa shape index (κ1) is 28.7. The van der Waals surface area contributed by atoms with Crippen molar-refractivity contribution in [2.75, 3.05) is 23.7 Å². The SMILES string of the molecule is Cc1ccccc1N(CCCC(=O)N(Cc1ccccc1Cl)[C@H](C)C(=O)NCC(C)C)S(C)(=O)=O. The highest BCUT2D eigenvalue weighted by Gasteiger charge is 2.27. The number of rotatable bonds is 12. The quantitative estimate of drug-likeness (QED) is 0.449. The number of hydrogen-bond acceptors (Lipinski definition) is 4. The lowest BCUT2D eigenvalue weighted by atomic mass is 10.1. The summed E-state index contributed by atoms with van der Waals surface area (Å²) in [5.41, 5.74) is 2.17. The van der Waals surface area contributed by atoms with Gasteiger partial charge in [-0.15, -0.1) is 0 Å². The van der Waals surface area contributed by atoms with Gasteiger partial charge in [0.1, 0.15) is 6.04 Å². The van der Waals surface area contributed by atoms with E-state index < -0.39 is 16.1 Å². The highest BCUT2D eigenvalue weighted by molar-refractivity contribution is 7.92. The van der Waals surface area contributed by atoms with Crippen molar-refractivity contribution in [3.63, 3.8) is 0 Å². The molecule has 192 valence electrons. The maximum absolute atomic E-state index is 13.3. The Labute approximate surface area is 214 Å². The van der Waals surface area contributed by atoms with E-state index in [0.29, 0.717) is 23.7 Å². The average Bonchev–Trinajstić information content (AvgIpc) is 2.79. The van der Waals surface area contributed by atoms with Crippen molar-refractivity contribution in [2.24, 2.45) is 5.92 Å². The van der Waals surface area contributed by atoms with Crippen LogP contribution in [0.1, 0.15) is 44.7 Å². The van der Waals surface area contributed by atoms with Gasteiger partial charge in [0.05, 0.1) is 11.9 Å². The Hall–Kier alpha value is -2.58. The number of anilines is 1. The molecule has 0 aliphatic heterocycles. The van der Waals surface area contributed by atoms with E-state index in [1.807, 2.05) is 51.1 Å². The van der Waals surface area contributed by atoms with E-state index in [0.717, 1.165) is 17.4 Å². The van der Waals surface area contributed by atoms with Crippen LogP contribution in [0.15, 0.2) is 48.5 Å². The second-order valence-electron chi connectivity index (χ2n) is 9.15. The van der Waals surface area contributed by atoms with Crippen molar-refractivity contribution in [3.05, 3.63) is 64.7 Å². The van der Waals surface area contributed by atoms with Crippen LogP contribution in [0.5, 0.6) is 0 Å². The van der Waals surface area contributed by atoms with Crippen LogP contribution >= 0.6 is 11.6 Å². The van der Waals surface area contributed by atoms with Crippen molar-refractivity contribution in [3.8, 4) is 0 Å². The van der Waals surface area contributed by atoms with Crippen LogP contribution in [0, 0.1) is 12.8 Å². The number of amides is 2. The van der Waals surface area contributed by atoms with Gasteiger partial charge in [-0.3, -0.25) is 13.9 Å². The Bertz CT molecular complexity index is 1120. The molecule has 35 heavy (non-hydrogen) atoms. The largest absolute Gasteiger partial charge is 0.354 e. The Balaban J connectivity index is 2.18. The molecule has 7 nitrogen and oxygen atoms in total. The van der Waals surface area contributed by atoms with Gasteiger partial charge in [-0.1, -0.05) is 61.8 Å². The zero-order valence-corrected chi connectivity index (χ0v) is 22.7. The van der Waals surface area contributed by atoms with Crippen LogP contribution in [0.3, 0.4) is 0 Å². The van der Waals surface area contributed by atoms with Gasteiger partial charge < -0.3 is 10.2 Å². The number of halogens is 1. The Morgan fingerprint density at radius 1 is 1.03 bits per heavy atom. The molecular formula is C26H36ClN3O4S. The minimum Gasteiger partial charge on any atom is -0.354 e. The molecule has 2 aromatic rings. The fourth-order valence-corrected chi connectivity index (χ4v) is 4.89. The third-order valence-corrected chi connectivity index (χ3v) is 7.24. The summed E-state index contributed by atoms with van der Waals surface area (Å²) in [7, 11) is -3.53. The number of para-hydroxylation sites is 1. The second kappa shape index (κ2) is 12.9. The molecule has 2 rings (SSSR count). The number of nitrogens with zero attached hydrogens (tertiary/aromatic N) is 2. The summed E-state index contributed by atoms with van der Waals surface area (Å²) >= 11 is 6.33. The molecule has 0 saturated carbocycles. The van der Waals surface area contributed by atoms with E-state index >= 15 is 0 Å². The first-order chi connectivity index (χ1) is 16.4. The van der Waals surface area contributed by atoms with Gasteiger partial charge in [-0.25, -0.2) is 8.42 Å². The lowest BCUT2D eigenvalue weighted by Crippen LogP contribution is -2.48. The molecule has 2 amide bonds. The zero-order chi connectivity index (χ0) is 26.2. The molecule has 0 saturated heterocycles. The molecule has 0 unspecified atom stereocenters. The summed E-state index contributed by atoms with van der Waals surface area (Å²) in [5, 5.41) is 3.40. The topological polar surface area (TPSA) is 86.8 Å². The molecule has 0 fully saturated rings. The molecule has 0 spiro atoms. The van der Waals surface area contributed by atoms with Gasteiger partial charge in [0, 0.05) is 31.1 Å². The fourth-order valence-electron chi connectivity index (χ4n) is 3.67. The van der Waals surface area contributed by atoms with E-state index in [1.165, 1.54) is 9.21 Å². The van der Waals surface area contributed by atoms with Crippen molar-refractivity contribution >= 4 is 39.1 Å². The number of aryl methyl sites for hydroxylation is 1. The lowest BCUT2D eigenvalue weighted by molar-refractivity contribution is -0.140. The minimum absolute atomic E-state index is 0.0875. The molecule has 9 heteroatoms. The monoisotopic (exact) mass is 521 g/mol. The molecule has 1 N–H and O–H groups in total. The highest BCUT2D eigenvalue weighted by atomic mass is 35.5. The Kier molecular flexibility index (Phi) is 10.6. The zero-order valence-electron chi connectivity index (χ0n) is 21.1. The first-order valence-electron chi connectivity index (χ1n) is 11.8. The molecule has 2 aromatic carbocycles. The van der Waals surface area contributed by atoms with Crippen LogP contribution in [0.25, 0.3) is 0 Å². The maximum atomic E-state index is 13.3. The van der Waals surface area contributed by atoms with Crippen molar-refractivity contribution < 1.29 is 18.0 Å². The van der Waals surface area contributed by atoms with Gasteiger partial charge in [0.2, 0.25) is 21.8 Å². The first-order valence-corrected chi connectivity index (χ1v) is 14.0. The number of nitrogens with one attached hydrogen (secondary N) is 1. The van der Waals surface area contributed by atoms with Gasteiger partial charge >= 0.3 is 0 Å². The molecule has 0 aliphatic carbocycles. The summed E-state index contributed by atoms with van der Waals surface area (Å²) < 4.78 is 26.2. The van der Waals surface area contributed by atoms with Crippen LogP contribution in [0.2, 0.25) is 5.02 Å². The summed E-state index contributed by atoms with van der Waals surface area (Å²) in [6.07, 6.45) is 1.55. The number of hydrogen-bond donors (Lipinski definition) is 1. The molecule has 0 aliphatic rings. The highest BCUT2D eigenvalue weighted by Crippen LogP contribution is 2.23. The Morgan fingerprint density at radius 3 is 2.26 bits per heavy atom. The smallest absolute Gasteiger partial charge is 0.242 e. The molecule has 1 atom stereocenters. The number of carbonyl (C=O) groups is 2. The van der Waals surface area contributed by atoms with Crippen molar-refractivity contribution in [2.45, 2.75) is 53.1 Å². The van der Waals surface area contributed by atoms with Gasteiger partial charge in [0.25, 0.3) is 0 Å². The molecular weight excluding hydrogens is 486 g/mol. The number of benzene rings is 2. The molecule has 0 radical (unpaired) electrons. The van der Waals surface area contributed by atoms with Crippen LogP contribution in [-0.4, -0.2) is 50.5 Å². The maximum Gasteiger partial charge on any atom is 0.242 e. The normalized spacial score (nSPS) is 12.3. The number of carbonyl (C=O) groups excluding carboxylic acids is 2. The van der Waals surface area contributed by atoms with E-state index in [9.17, 15) is 18.0 Å². The van der Waals surface area contributed by atoms with E-state index in [-0.39, 0.29) is 37.2 Å².